The summed E-state index contributed by atoms with van der Waals surface area (Å²) in [6.07, 6.45) is 0.432. The molecule has 2 aliphatic heterocycles. The molecule has 130 valence electrons. The molecule has 0 unspecified atom stereocenters. The SMILES string of the molecule is COc1ccc(S(=O)(=O)N2CC[C@H](N3C(=O)CSC3=O)C2)cc1Cl. The average Bonchev–Trinajstić information content (AvgIpc) is 3.14. The third-order valence-corrected chi connectivity index (χ3v) is 7.03. The number of sulfonamides is 1. The minimum Gasteiger partial charge on any atom is -0.495 e. The number of ether oxygens (including phenoxy) is 1. The third-order valence-electron chi connectivity index (χ3n) is 4.04. The van der Waals surface area contributed by atoms with Gasteiger partial charge in [0.2, 0.25) is 15.9 Å². The number of nitrogens with zero attached hydrogens (tertiary/aromatic N) is 2. The van der Waals surface area contributed by atoms with Crippen LogP contribution in [0.3, 0.4) is 0 Å². The largest absolute Gasteiger partial charge is 0.495 e. The molecule has 7 nitrogen and oxygen atoms in total. The Hall–Kier alpha value is -1.29. The van der Waals surface area contributed by atoms with E-state index in [1.165, 1.54) is 34.5 Å². The highest BCUT2D eigenvalue weighted by Crippen LogP contribution is 2.32. The number of methoxy groups -OCH3 is 1. The van der Waals surface area contributed by atoms with Gasteiger partial charge in [-0.25, -0.2) is 8.42 Å². The van der Waals surface area contributed by atoms with Crippen LogP contribution >= 0.6 is 23.4 Å². The number of benzene rings is 1. The highest BCUT2D eigenvalue weighted by atomic mass is 35.5. The van der Waals surface area contributed by atoms with Crippen molar-refractivity contribution in [3.63, 3.8) is 0 Å². The molecule has 0 bridgehead atoms. The molecule has 3 rings (SSSR count). The molecule has 0 aliphatic carbocycles. The van der Waals surface area contributed by atoms with Crippen LogP contribution < -0.4 is 4.74 Å². The van der Waals surface area contributed by atoms with E-state index in [1.807, 2.05) is 0 Å². The molecular formula is C14H15ClN2O5S2. The van der Waals surface area contributed by atoms with Gasteiger partial charge in [-0.2, -0.15) is 4.31 Å². The van der Waals surface area contributed by atoms with Crippen molar-refractivity contribution in [3.8, 4) is 5.75 Å². The van der Waals surface area contributed by atoms with Gasteiger partial charge in [0.15, 0.2) is 0 Å². The fourth-order valence-corrected chi connectivity index (χ4v) is 5.43. The van der Waals surface area contributed by atoms with Crippen LogP contribution in [-0.4, -0.2) is 60.8 Å². The van der Waals surface area contributed by atoms with E-state index in [0.717, 1.165) is 11.8 Å². The molecule has 0 aromatic heterocycles. The standard InChI is InChI=1S/C14H15ClN2O5S2/c1-22-12-3-2-10(6-11(12)15)24(20,21)16-5-4-9(7-16)17-13(18)8-23-14(17)19/h2-3,6,9H,4-5,7-8H2,1H3/t9-/m0/s1. The highest BCUT2D eigenvalue weighted by molar-refractivity contribution is 8.14. The normalized spacial score (nSPS) is 22.4. The Balaban J connectivity index is 1.80. The summed E-state index contributed by atoms with van der Waals surface area (Å²) < 4.78 is 31.8. The molecule has 0 radical (unpaired) electrons. The minimum atomic E-state index is -3.75. The average molecular weight is 391 g/mol. The lowest BCUT2D eigenvalue weighted by molar-refractivity contribution is -0.126. The quantitative estimate of drug-likeness (QED) is 0.779. The lowest BCUT2D eigenvalue weighted by Crippen LogP contribution is -2.41. The zero-order chi connectivity index (χ0) is 17.5. The fourth-order valence-electron chi connectivity index (χ4n) is 2.81. The Bertz CT molecular complexity index is 782. The van der Waals surface area contributed by atoms with Gasteiger partial charge in [0, 0.05) is 13.1 Å². The van der Waals surface area contributed by atoms with E-state index in [1.54, 1.807) is 0 Å². The molecule has 10 heteroatoms. The topological polar surface area (TPSA) is 84.0 Å². The van der Waals surface area contributed by atoms with Crippen molar-refractivity contribution in [2.75, 3.05) is 26.0 Å². The summed E-state index contributed by atoms with van der Waals surface area (Å²) in [6.45, 7) is 0.350. The lowest BCUT2D eigenvalue weighted by atomic mass is 10.2. The van der Waals surface area contributed by atoms with Crippen LogP contribution in [0.2, 0.25) is 5.02 Å². The van der Waals surface area contributed by atoms with E-state index >= 15 is 0 Å². The lowest BCUT2D eigenvalue weighted by Gasteiger charge is -2.22. The molecule has 2 heterocycles. The Kier molecular flexibility index (Phi) is 4.78. The number of imide groups is 1. The second kappa shape index (κ2) is 6.55. The number of carbonyl (C=O) groups excluding carboxylic acids is 2. The van der Waals surface area contributed by atoms with Crippen LogP contribution in [0.5, 0.6) is 5.75 Å². The maximum absolute atomic E-state index is 12.7. The Morgan fingerprint density at radius 1 is 1.33 bits per heavy atom. The van der Waals surface area contributed by atoms with Crippen molar-refractivity contribution >= 4 is 44.5 Å². The molecule has 2 aliphatic rings. The number of hydrogen-bond acceptors (Lipinski definition) is 6. The van der Waals surface area contributed by atoms with Gasteiger partial charge in [0.05, 0.1) is 28.8 Å². The maximum atomic E-state index is 12.7. The number of rotatable bonds is 4. The number of thioether (sulfide) groups is 1. The van der Waals surface area contributed by atoms with E-state index in [9.17, 15) is 18.0 Å². The number of amides is 2. The summed E-state index contributed by atoms with van der Waals surface area (Å²) in [4.78, 5) is 24.8. The zero-order valence-electron chi connectivity index (χ0n) is 12.8. The van der Waals surface area contributed by atoms with Crippen molar-refractivity contribution in [1.29, 1.82) is 0 Å². The molecule has 0 saturated carbocycles. The van der Waals surface area contributed by atoms with Gasteiger partial charge in [-0.05, 0) is 24.6 Å². The van der Waals surface area contributed by atoms with Crippen LogP contribution in [-0.2, 0) is 14.8 Å². The predicted molar refractivity (Wildman–Crippen MR) is 89.9 cm³/mol. The maximum Gasteiger partial charge on any atom is 0.289 e. The fraction of sp³-hybridized carbons (Fsp3) is 0.429. The van der Waals surface area contributed by atoms with Crippen LogP contribution in [0, 0.1) is 0 Å². The van der Waals surface area contributed by atoms with Crippen LogP contribution in [0.15, 0.2) is 23.1 Å². The molecule has 1 atom stereocenters. The van der Waals surface area contributed by atoms with Crippen molar-refractivity contribution < 1.29 is 22.7 Å². The van der Waals surface area contributed by atoms with E-state index in [4.69, 9.17) is 16.3 Å². The van der Waals surface area contributed by atoms with Gasteiger partial charge in [-0.15, -0.1) is 0 Å². The van der Waals surface area contributed by atoms with Crippen molar-refractivity contribution in [2.45, 2.75) is 17.4 Å². The van der Waals surface area contributed by atoms with Gasteiger partial charge >= 0.3 is 0 Å². The Morgan fingerprint density at radius 2 is 2.08 bits per heavy atom. The summed E-state index contributed by atoms with van der Waals surface area (Å²) >= 11 is 6.95. The molecule has 2 saturated heterocycles. The van der Waals surface area contributed by atoms with Crippen molar-refractivity contribution in [1.82, 2.24) is 9.21 Å². The predicted octanol–water partition coefficient (Wildman–Crippen LogP) is 1.81. The molecule has 0 spiro atoms. The van der Waals surface area contributed by atoms with E-state index < -0.39 is 16.1 Å². The molecule has 1 aromatic carbocycles. The summed E-state index contributed by atoms with van der Waals surface area (Å²) in [5, 5.41) is -0.104. The van der Waals surface area contributed by atoms with Gasteiger partial charge < -0.3 is 4.74 Å². The first kappa shape index (κ1) is 17.5. The number of halogens is 1. The van der Waals surface area contributed by atoms with Crippen molar-refractivity contribution in [2.24, 2.45) is 0 Å². The summed E-state index contributed by atoms with van der Waals surface area (Å²) in [5.74, 6) is 0.248. The summed E-state index contributed by atoms with van der Waals surface area (Å²) in [5.41, 5.74) is 0. The first-order chi connectivity index (χ1) is 11.3. The Labute approximate surface area is 148 Å². The smallest absolute Gasteiger partial charge is 0.289 e. The first-order valence-electron chi connectivity index (χ1n) is 7.17. The van der Waals surface area contributed by atoms with Gasteiger partial charge in [-0.1, -0.05) is 23.4 Å². The first-order valence-corrected chi connectivity index (χ1v) is 9.97. The number of carbonyl (C=O) groups is 2. The van der Waals surface area contributed by atoms with Gasteiger partial charge in [0.25, 0.3) is 5.24 Å². The second-order valence-electron chi connectivity index (χ2n) is 5.42. The molecule has 0 N–H and O–H groups in total. The van der Waals surface area contributed by atoms with Crippen LogP contribution in [0.25, 0.3) is 0 Å². The Morgan fingerprint density at radius 3 is 2.67 bits per heavy atom. The molecular weight excluding hydrogens is 376 g/mol. The minimum absolute atomic E-state index is 0.0578. The zero-order valence-corrected chi connectivity index (χ0v) is 15.2. The monoisotopic (exact) mass is 390 g/mol. The highest BCUT2D eigenvalue weighted by Gasteiger charge is 2.42. The van der Waals surface area contributed by atoms with Gasteiger partial charge in [0.1, 0.15) is 5.75 Å². The summed E-state index contributed by atoms with van der Waals surface area (Å²) in [7, 11) is -2.30. The molecule has 1 aromatic rings. The van der Waals surface area contributed by atoms with E-state index in [-0.39, 0.29) is 39.9 Å². The van der Waals surface area contributed by atoms with E-state index in [2.05, 4.69) is 0 Å². The molecule has 2 fully saturated rings. The molecule has 2 amide bonds. The van der Waals surface area contributed by atoms with Gasteiger partial charge in [-0.3, -0.25) is 14.5 Å². The second-order valence-corrected chi connectivity index (χ2v) is 8.69. The van der Waals surface area contributed by atoms with E-state index in [0.29, 0.717) is 12.2 Å². The summed E-state index contributed by atoms with van der Waals surface area (Å²) in [6, 6.07) is 3.84. The third kappa shape index (κ3) is 3.01. The molecule has 24 heavy (non-hydrogen) atoms. The number of hydrogen-bond donors (Lipinski definition) is 0. The van der Waals surface area contributed by atoms with Crippen LogP contribution in [0.4, 0.5) is 4.79 Å². The van der Waals surface area contributed by atoms with Crippen molar-refractivity contribution in [3.05, 3.63) is 23.2 Å². The van der Waals surface area contributed by atoms with Crippen LogP contribution in [0.1, 0.15) is 6.42 Å².